The third-order valence-corrected chi connectivity index (χ3v) is 4.82. The molecule has 0 fully saturated rings. The molecule has 0 atom stereocenters. The van der Waals surface area contributed by atoms with Crippen molar-refractivity contribution in [3.8, 4) is 0 Å². The molecule has 4 heteroatoms. The lowest BCUT2D eigenvalue weighted by Crippen LogP contribution is -2.23. The number of aromatic nitrogens is 1. The van der Waals surface area contributed by atoms with Gasteiger partial charge in [-0.2, -0.15) is 0 Å². The third kappa shape index (κ3) is 5.68. The van der Waals surface area contributed by atoms with Gasteiger partial charge in [0.1, 0.15) is 4.88 Å². The highest BCUT2D eigenvalue weighted by Gasteiger charge is 2.08. The van der Waals surface area contributed by atoms with Crippen molar-refractivity contribution in [2.24, 2.45) is 0 Å². The molecule has 0 aliphatic heterocycles. The Morgan fingerprint density at radius 1 is 1.24 bits per heavy atom. The lowest BCUT2D eigenvalue weighted by atomic mass is 9.98. The monoisotopic (exact) mass is 354 g/mol. The fourth-order valence-corrected chi connectivity index (χ4v) is 3.31. The van der Waals surface area contributed by atoms with Crippen LogP contribution in [0.3, 0.4) is 0 Å². The van der Waals surface area contributed by atoms with Crippen LogP contribution < -0.4 is 5.32 Å². The average molecular weight is 355 g/mol. The number of hydrogen-bond acceptors (Lipinski definition) is 3. The maximum atomic E-state index is 12.0. The lowest BCUT2D eigenvalue weighted by Gasteiger charge is -2.08. The van der Waals surface area contributed by atoms with Gasteiger partial charge in [-0.25, -0.2) is 4.98 Å². The zero-order valence-electron chi connectivity index (χ0n) is 15.4. The summed E-state index contributed by atoms with van der Waals surface area (Å²) in [4.78, 5) is 16.8. The fourth-order valence-electron chi connectivity index (χ4n) is 2.62. The van der Waals surface area contributed by atoms with Gasteiger partial charge in [-0.05, 0) is 57.2 Å². The van der Waals surface area contributed by atoms with Crippen molar-refractivity contribution >= 4 is 22.8 Å². The molecule has 2 aromatic rings. The molecule has 0 bridgehead atoms. The van der Waals surface area contributed by atoms with Crippen molar-refractivity contribution in [1.82, 2.24) is 10.3 Å². The Bertz CT molecular complexity index is 765. The van der Waals surface area contributed by atoms with Crippen LogP contribution in [0.25, 0.3) is 5.57 Å². The molecule has 0 saturated carbocycles. The Morgan fingerprint density at radius 2 is 1.96 bits per heavy atom. The van der Waals surface area contributed by atoms with Crippen LogP contribution in [0.15, 0.2) is 48.2 Å². The molecular formula is C21H26N2OS. The first-order chi connectivity index (χ1) is 12.0. The minimum Gasteiger partial charge on any atom is -0.351 e. The van der Waals surface area contributed by atoms with Gasteiger partial charge in [-0.1, -0.05) is 42.0 Å². The molecule has 0 spiro atoms. The molecule has 1 N–H and O–H groups in total. The van der Waals surface area contributed by atoms with E-state index in [1.54, 1.807) is 6.20 Å². The van der Waals surface area contributed by atoms with Crippen LogP contribution in [0.2, 0.25) is 0 Å². The Balaban J connectivity index is 1.84. The summed E-state index contributed by atoms with van der Waals surface area (Å²) in [6, 6.07) is 8.71. The van der Waals surface area contributed by atoms with Crippen LogP contribution >= 0.6 is 11.3 Å². The van der Waals surface area contributed by atoms with Crippen LogP contribution in [-0.4, -0.2) is 17.4 Å². The van der Waals surface area contributed by atoms with E-state index in [-0.39, 0.29) is 5.91 Å². The van der Waals surface area contributed by atoms with Crippen molar-refractivity contribution < 1.29 is 4.79 Å². The maximum Gasteiger partial charge on any atom is 0.263 e. The van der Waals surface area contributed by atoms with E-state index in [9.17, 15) is 4.79 Å². The normalized spacial score (nSPS) is 10.9. The molecule has 0 unspecified atom stereocenters. The smallest absolute Gasteiger partial charge is 0.263 e. The predicted molar refractivity (Wildman–Crippen MR) is 107 cm³/mol. The van der Waals surface area contributed by atoms with Gasteiger partial charge in [-0.3, -0.25) is 4.79 Å². The summed E-state index contributed by atoms with van der Waals surface area (Å²) in [5.74, 6) is -0.0273. The van der Waals surface area contributed by atoms with Crippen molar-refractivity contribution in [1.29, 1.82) is 0 Å². The fraction of sp³-hybridized carbons (Fsp3) is 0.333. The van der Waals surface area contributed by atoms with E-state index < -0.39 is 0 Å². The Hall–Kier alpha value is -2.20. The van der Waals surface area contributed by atoms with Gasteiger partial charge in [0.2, 0.25) is 0 Å². The van der Waals surface area contributed by atoms with E-state index >= 15 is 0 Å². The second-order valence-electron chi connectivity index (χ2n) is 6.21. The predicted octanol–water partition coefficient (Wildman–Crippen LogP) is 5.18. The number of amides is 1. The molecule has 0 saturated heterocycles. The minimum atomic E-state index is -0.0273. The molecule has 0 aliphatic rings. The summed E-state index contributed by atoms with van der Waals surface area (Å²) in [5.41, 5.74) is 5.13. The van der Waals surface area contributed by atoms with E-state index in [2.05, 4.69) is 60.6 Å². The highest BCUT2D eigenvalue weighted by molar-refractivity contribution is 7.13. The average Bonchev–Trinajstić information content (AvgIpc) is 3.03. The lowest BCUT2D eigenvalue weighted by molar-refractivity contribution is 0.0957. The Labute approximate surface area is 154 Å². The number of allylic oxidation sites excluding steroid dienone is 4. The van der Waals surface area contributed by atoms with Crippen LogP contribution in [0.1, 0.15) is 53.0 Å². The first-order valence-electron chi connectivity index (χ1n) is 8.61. The van der Waals surface area contributed by atoms with Crippen molar-refractivity contribution in [2.75, 3.05) is 6.54 Å². The van der Waals surface area contributed by atoms with Gasteiger partial charge in [0.25, 0.3) is 5.91 Å². The summed E-state index contributed by atoms with van der Waals surface area (Å²) in [5, 5.41) is 3.87. The maximum absolute atomic E-state index is 12.0. The zero-order chi connectivity index (χ0) is 18.2. The summed E-state index contributed by atoms with van der Waals surface area (Å²) < 4.78 is 0. The van der Waals surface area contributed by atoms with Crippen LogP contribution in [0, 0.1) is 6.92 Å². The van der Waals surface area contributed by atoms with Crippen molar-refractivity contribution in [3.63, 3.8) is 0 Å². The first-order valence-corrected chi connectivity index (χ1v) is 9.43. The number of aryl methyl sites for hydroxylation is 2. The molecule has 1 heterocycles. The number of nitrogens with zero attached hydrogens (tertiary/aromatic N) is 1. The first kappa shape index (κ1) is 19.1. The van der Waals surface area contributed by atoms with Gasteiger partial charge in [-0.15, -0.1) is 11.3 Å². The van der Waals surface area contributed by atoms with E-state index in [1.165, 1.54) is 33.6 Å². The van der Waals surface area contributed by atoms with Gasteiger partial charge in [0.05, 0.1) is 11.2 Å². The molecular weight excluding hydrogens is 328 g/mol. The highest BCUT2D eigenvalue weighted by Crippen LogP contribution is 2.21. The molecule has 1 aromatic carbocycles. The molecule has 132 valence electrons. The molecule has 0 radical (unpaired) electrons. The van der Waals surface area contributed by atoms with E-state index in [0.717, 1.165) is 17.8 Å². The highest BCUT2D eigenvalue weighted by atomic mass is 32.1. The van der Waals surface area contributed by atoms with Gasteiger partial charge < -0.3 is 5.32 Å². The quantitative estimate of drug-likeness (QED) is 0.549. The third-order valence-electron chi connectivity index (χ3n) is 3.91. The van der Waals surface area contributed by atoms with Gasteiger partial charge in [0.15, 0.2) is 0 Å². The molecule has 3 nitrogen and oxygen atoms in total. The SMILES string of the molecule is C/C=C\C(=C(C)C)c1ccc(CCCNC(=O)c2cnc(C)s2)cc1. The summed E-state index contributed by atoms with van der Waals surface area (Å²) in [7, 11) is 0. The van der Waals surface area contributed by atoms with E-state index in [1.807, 2.05) is 13.8 Å². The van der Waals surface area contributed by atoms with Crippen molar-refractivity contribution in [3.05, 3.63) is 69.2 Å². The van der Waals surface area contributed by atoms with Crippen LogP contribution in [0.5, 0.6) is 0 Å². The Morgan fingerprint density at radius 3 is 2.52 bits per heavy atom. The van der Waals surface area contributed by atoms with E-state index in [0.29, 0.717) is 11.4 Å². The summed E-state index contributed by atoms with van der Waals surface area (Å²) >= 11 is 1.43. The zero-order valence-corrected chi connectivity index (χ0v) is 16.2. The topological polar surface area (TPSA) is 42.0 Å². The number of thiazole rings is 1. The largest absolute Gasteiger partial charge is 0.351 e. The van der Waals surface area contributed by atoms with E-state index in [4.69, 9.17) is 0 Å². The number of hydrogen-bond donors (Lipinski definition) is 1. The second-order valence-corrected chi connectivity index (χ2v) is 7.45. The van der Waals surface area contributed by atoms with Gasteiger partial charge in [0, 0.05) is 6.54 Å². The second kappa shape index (κ2) is 9.33. The molecule has 25 heavy (non-hydrogen) atoms. The molecule has 0 aliphatic carbocycles. The van der Waals surface area contributed by atoms with Crippen molar-refractivity contribution in [2.45, 2.75) is 40.5 Å². The van der Waals surface area contributed by atoms with Crippen LogP contribution in [0.4, 0.5) is 0 Å². The minimum absolute atomic E-state index is 0.0273. The Kier molecular flexibility index (Phi) is 7.14. The summed E-state index contributed by atoms with van der Waals surface area (Å²) in [6.07, 6.45) is 7.74. The molecule has 1 amide bonds. The number of benzene rings is 1. The van der Waals surface area contributed by atoms with Crippen LogP contribution in [-0.2, 0) is 6.42 Å². The number of rotatable bonds is 7. The van der Waals surface area contributed by atoms with Gasteiger partial charge >= 0.3 is 0 Å². The number of carbonyl (C=O) groups excluding carboxylic acids is 1. The number of carbonyl (C=O) groups is 1. The summed E-state index contributed by atoms with van der Waals surface area (Å²) in [6.45, 7) is 8.89. The molecule has 2 rings (SSSR count). The number of nitrogens with one attached hydrogen (secondary N) is 1. The molecule has 1 aromatic heterocycles. The standard InChI is InChI=1S/C21H26N2OS/c1-5-7-19(15(2)3)18-11-9-17(10-12-18)8-6-13-22-21(24)20-14-23-16(4)25-20/h5,7,9-12,14H,6,8,13H2,1-4H3,(H,22,24)/b7-5-.